The quantitative estimate of drug-likeness (QED) is 0.789. The summed E-state index contributed by atoms with van der Waals surface area (Å²) in [6, 6.07) is 3.47. The molecule has 0 saturated carbocycles. The fourth-order valence-electron chi connectivity index (χ4n) is 1.41. The summed E-state index contributed by atoms with van der Waals surface area (Å²) in [4.78, 5) is 18.8. The summed E-state index contributed by atoms with van der Waals surface area (Å²) in [5.74, 6) is -0.539. The van der Waals surface area contributed by atoms with Crippen molar-refractivity contribution in [1.82, 2.24) is 19.7 Å². The zero-order chi connectivity index (χ0) is 13.7. The molecule has 8 heteroatoms. The molecule has 0 unspecified atom stereocenters. The second-order valence-corrected chi connectivity index (χ2v) is 4.55. The van der Waals surface area contributed by atoms with Crippen LogP contribution in [0.3, 0.4) is 0 Å². The van der Waals surface area contributed by atoms with E-state index in [1.807, 2.05) is 0 Å². The predicted octanol–water partition coefficient (Wildman–Crippen LogP) is 0.985. The van der Waals surface area contributed by atoms with Crippen LogP contribution in [0.25, 0.3) is 5.95 Å². The van der Waals surface area contributed by atoms with Gasteiger partial charge in [0.1, 0.15) is 5.03 Å². The van der Waals surface area contributed by atoms with Gasteiger partial charge in [0.2, 0.25) is 0 Å². The van der Waals surface area contributed by atoms with Gasteiger partial charge in [0.25, 0.3) is 5.95 Å². The molecule has 0 radical (unpaired) electrons. The first-order valence-corrected chi connectivity index (χ1v) is 6.39. The van der Waals surface area contributed by atoms with E-state index in [0.29, 0.717) is 23.3 Å². The van der Waals surface area contributed by atoms with E-state index in [2.05, 4.69) is 15.1 Å². The number of aromatic nitrogens is 4. The van der Waals surface area contributed by atoms with Gasteiger partial charge < -0.3 is 9.84 Å². The Morgan fingerprint density at radius 2 is 2.21 bits per heavy atom. The number of nitrogens with zero attached hydrogens (tertiary/aromatic N) is 4. The molecular formula is C11H12N4O3S. The molecule has 7 nitrogen and oxygen atoms in total. The van der Waals surface area contributed by atoms with E-state index < -0.39 is 5.97 Å². The molecule has 2 heterocycles. The normalized spacial score (nSPS) is 10.6. The van der Waals surface area contributed by atoms with Crippen LogP contribution in [0.5, 0.6) is 0 Å². The van der Waals surface area contributed by atoms with Crippen molar-refractivity contribution < 1.29 is 14.6 Å². The molecule has 0 saturated heterocycles. The lowest BCUT2D eigenvalue weighted by Gasteiger charge is -2.03. The van der Waals surface area contributed by atoms with E-state index in [1.165, 1.54) is 4.68 Å². The van der Waals surface area contributed by atoms with Gasteiger partial charge in [-0.2, -0.15) is 9.78 Å². The van der Waals surface area contributed by atoms with E-state index >= 15 is 0 Å². The summed E-state index contributed by atoms with van der Waals surface area (Å²) >= 11 is 1.16. The van der Waals surface area contributed by atoms with Crippen LogP contribution in [0.15, 0.2) is 29.6 Å². The third-order valence-electron chi connectivity index (χ3n) is 2.10. The van der Waals surface area contributed by atoms with Crippen molar-refractivity contribution >= 4 is 17.7 Å². The maximum Gasteiger partial charge on any atom is 0.313 e. The fraction of sp³-hybridized carbons (Fsp3) is 0.273. The van der Waals surface area contributed by atoms with Crippen LogP contribution >= 0.6 is 11.8 Å². The third kappa shape index (κ3) is 3.52. The Balaban J connectivity index is 2.31. The van der Waals surface area contributed by atoms with Gasteiger partial charge in [-0.25, -0.2) is 9.97 Å². The number of hydrogen-bond acceptors (Lipinski definition) is 6. The minimum Gasteiger partial charge on any atom is -0.481 e. The molecule has 1 N–H and O–H groups in total. The van der Waals surface area contributed by atoms with Crippen molar-refractivity contribution in [3.8, 4) is 5.95 Å². The van der Waals surface area contributed by atoms with Crippen molar-refractivity contribution in [2.24, 2.45) is 0 Å². The minimum atomic E-state index is -0.889. The average molecular weight is 280 g/mol. The first kappa shape index (κ1) is 13.5. The van der Waals surface area contributed by atoms with Gasteiger partial charge in [0.15, 0.2) is 0 Å². The molecule has 0 amide bonds. The largest absolute Gasteiger partial charge is 0.481 e. The maximum absolute atomic E-state index is 10.6. The zero-order valence-electron chi connectivity index (χ0n) is 10.2. The van der Waals surface area contributed by atoms with Crippen molar-refractivity contribution in [1.29, 1.82) is 0 Å². The average Bonchev–Trinajstić information content (AvgIpc) is 2.81. The lowest BCUT2D eigenvalue weighted by Crippen LogP contribution is -2.05. The summed E-state index contributed by atoms with van der Waals surface area (Å²) in [5.41, 5.74) is 0.697. The lowest BCUT2D eigenvalue weighted by atomic mass is 10.5. The van der Waals surface area contributed by atoms with Gasteiger partial charge >= 0.3 is 5.97 Å². The number of carboxylic acids is 1. The third-order valence-corrected chi connectivity index (χ3v) is 3.08. The van der Waals surface area contributed by atoms with E-state index in [1.54, 1.807) is 31.6 Å². The Morgan fingerprint density at radius 3 is 2.84 bits per heavy atom. The van der Waals surface area contributed by atoms with Gasteiger partial charge in [0, 0.05) is 19.5 Å². The molecular weight excluding hydrogens is 268 g/mol. The monoisotopic (exact) mass is 280 g/mol. The number of carboxylic acid groups (broad SMARTS) is 1. The van der Waals surface area contributed by atoms with Gasteiger partial charge in [-0.15, -0.1) is 0 Å². The smallest absolute Gasteiger partial charge is 0.313 e. The van der Waals surface area contributed by atoms with Crippen LogP contribution in [0, 0.1) is 0 Å². The first-order chi connectivity index (χ1) is 9.20. The van der Waals surface area contributed by atoms with Crippen molar-refractivity contribution in [2.45, 2.75) is 11.6 Å². The molecule has 2 aromatic rings. The molecule has 0 aromatic carbocycles. The Bertz CT molecular complexity index is 558. The molecule has 2 aromatic heterocycles. The molecule has 100 valence electrons. The molecule has 0 aliphatic carbocycles. The van der Waals surface area contributed by atoms with Crippen molar-refractivity contribution in [2.75, 3.05) is 12.9 Å². The Kier molecular flexibility index (Phi) is 4.48. The highest BCUT2D eigenvalue weighted by Gasteiger charge is 2.13. The molecule has 0 atom stereocenters. The van der Waals surface area contributed by atoms with Crippen LogP contribution < -0.4 is 0 Å². The minimum absolute atomic E-state index is 0.0506. The molecule has 0 fully saturated rings. The number of rotatable bonds is 6. The Morgan fingerprint density at radius 1 is 1.47 bits per heavy atom. The topological polar surface area (TPSA) is 90.1 Å². The standard InChI is InChI=1S/C11H12N4O3S/c1-18-6-8-5-9(19-7-10(16)17)15(14-8)11-12-3-2-4-13-11/h2-5H,6-7H2,1H3,(H,16,17). The van der Waals surface area contributed by atoms with Gasteiger partial charge in [0.05, 0.1) is 18.1 Å². The first-order valence-electron chi connectivity index (χ1n) is 5.40. The number of aliphatic carboxylic acids is 1. The number of methoxy groups -OCH3 is 1. The molecule has 0 aliphatic rings. The summed E-state index contributed by atoms with van der Waals surface area (Å²) in [6.45, 7) is 0.348. The SMILES string of the molecule is COCc1cc(SCC(=O)O)n(-c2ncccn2)n1. The van der Waals surface area contributed by atoms with Gasteiger partial charge in [-0.1, -0.05) is 11.8 Å². The number of thioether (sulfide) groups is 1. The summed E-state index contributed by atoms with van der Waals surface area (Å²) in [6.07, 6.45) is 3.21. The van der Waals surface area contributed by atoms with E-state index in [0.717, 1.165) is 11.8 Å². The second-order valence-electron chi connectivity index (χ2n) is 3.55. The molecule has 0 bridgehead atoms. The number of hydrogen-bond donors (Lipinski definition) is 1. The number of ether oxygens (including phenoxy) is 1. The zero-order valence-corrected chi connectivity index (χ0v) is 11.0. The van der Waals surface area contributed by atoms with E-state index in [9.17, 15) is 4.79 Å². The van der Waals surface area contributed by atoms with Gasteiger partial charge in [-0.05, 0) is 12.1 Å². The highest BCUT2D eigenvalue weighted by molar-refractivity contribution is 7.99. The molecule has 0 spiro atoms. The lowest BCUT2D eigenvalue weighted by molar-refractivity contribution is -0.133. The maximum atomic E-state index is 10.6. The fourth-order valence-corrected chi connectivity index (χ4v) is 2.15. The van der Waals surface area contributed by atoms with Crippen LogP contribution in [0.2, 0.25) is 0 Å². The van der Waals surface area contributed by atoms with Crippen LogP contribution in [0.4, 0.5) is 0 Å². The summed E-state index contributed by atoms with van der Waals surface area (Å²) in [5, 5.41) is 13.7. The summed E-state index contributed by atoms with van der Waals surface area (Å²) < 4.78 is 6.53. The van der Waals surface area contributed by atoms with Gasteiger partial charge in [-0.3, -0.25) is 4.79 Å². The van der Waals surface area contributed by atoms with Crippen LogP contribution in [-0.4, -0.2) is 43.7 Å². The highest BCUT2D eigenvalue weighted by Crippen LogP contribution is 2.21. The Hall–Kier alpha value is -1.93. The number of carbonyl (C=O) groups is 1. The predicted molar refractivity (Wildman–Crippen MR) is 68.2 cm³/mol. The molecule has 2 rings (SSSR count). The van der Waals surface area contributed by atoms with Crippen LogP contribution in [0.1, 0.15) is 5.69 Å². The van der Waals surface area contributed by atoms with E-state index in [-0.39, 0.29) is 5.75 Å². The van der Waals surface area contributed by atoms with E-state index in [4.69, 9.17) is 9.84 Å². The molecule has 0 aliphatic heterocycles. The second kappa shape index (κ2) is 6.30. The Labute approximate surface area is 113 Å². The highest BCUT2D eigenvalue weighted by atomic mass is 32.2. The molecule has 19 heavy (non-hydrogen) atoms. The van der Waals surface area contributed by atoms with Crippen LogP contribution in [-0.2, 0) is 16.1 Å². The van der Waals surface area contributed by atoms with Crippen molar-refractivity contribution in [3.63, 3.8) is 0 Å². The van der Waals surface area contributed by atoms with Crippen molar-refractivity contribution in [3.05, 3.63) is 30.2 Å². The summed E-state index contributed by atoms with van der Waals surface area (Å²) in [7, 11) is 1.57.